The van der Waals surface area contributed by atoms with Gasteiger partial charge in [-0.3, -0.25) is 4.79 Å². The fourth-order valence-corrected chi connectivity index (χ4v) is 2.39. The second-order valence-electron chi connectivity index (χ2n) is 4.76. The molecule has 0 bridgehead atoms. The van der Waals surface area contributed by atoms with Gasteiger partial charge in [0.1, 0.15) is 5.38 Å². The normalized spacial score (nSPS) is 25.8. The highest BCUT2D eigenvalue weighted by Crippen LogP contribution is 2.25. The van der Waals surface area contributed by atoms with Crippen LogP contribution in [0.5, 0.6) is 0 Å². The molecule has 0 radical (unpaired) electrons. The summed E-state index contributed by atoms with van der Waals surface area (Å²) in [6, 6.07) is 9.54. The molecule has 1 heterocycles. The van der Waals surface area contributed by atoms with Crippen LogP contribution in [0.2, 0.25) is 0 Å². The lowest BCUT2D eigenvalue weighted by Crippen LogP contribution is -2.51. The maximum absolute atomic E-state index is 12.4. The number of rotatable bonds is 2. The summed E-state index contributed by atoms with van der Waals surface area (Å²) in [5, 5.41) is -0.612. The largest absolute Gasteiger partial charge is 0.375 e. The molecule has 18 heavy (non-hydrogen) atoms. The van der Waals surface area contributed by atoms with E-state index in [0.29, 0.717) is 13.2 Å². The Hall–Kier alpha value is -1.06. The number of ether oxygens (including phenoxy) is 1. The van der Waals surface area contributed by atoms with Crippen LogP contribution < -0.4 is 0 Å². The molecule has 2 rings (SSSR count). The third-order valence-electron chi connectivity index (χ3n) is 3.20. The number of amides is 1. The van der Waals surface area contributed by atoms with Crippen molar-refractivity contribution in [1.29, 1.82) is 0 Å². The molecule has 0 saturated carbocycles. The van der Waals surface area contributed by atoms with Gasteiger partial charge >= 0.3 is 0 Å². The number of hydrogen-bond acceptors (Lipinski definition) is 2. The van der Waals surface area contributed by atoms with Crippen molar-refractivity contribution in [3.8, 4) is 0 Å². The molecule has 1 aliphatic rings. The average Bonchev–Trinajstić information content (AvgIpc) is 2.41. The first-order valence-electron chi connectivity index (χ1n) is 6.20. The van der Waals surface area contributed by atoms with E-state index < -0.39 is 5.38 Å². The summed E-state index contributed by atoms with van der Waals surface area (Å²) in [5.74, 6) is -0.0366. The fraction of sp³-hybridized carbons (Fsp3) is 0.500. The van der Waals surface area contributed by atoms with Crippen LogP contribution in [0.1, 0.15) is 24.8 Å². The van der Waals surface area contributed by atoms with Crippen molar-refractivity contribution >= 4 is 17.5 Å². The van der Waals surface area contributed by atoms with Gasteiger partial charge in [0.2, 0.25) is 5.91 Å². The molecule has 1 saturated heterocycles. The fourth-order valence-electron chi connectivity index (χ4n) is 2.12. The molecule has 4 heteroatoms. The maximum Gasteiger partial charge on any atom is 0.245 e. The Kier molecular flexibility index (Phi) is 4.25. The summed E-state index contributed by atoms with van der Waals surface area (Å²) in [7, 11) is 0. The van der Waals surface area contributed by atoms with Crippen LogP contribution in [0, 0.1) is 0 Å². The first-order valence-corrected chi connectivity index (χ1v) is 6.64. The van der Waals surface area contributed by atoms with Crippen LogP contribution in [0.25, 0.3) is 0 Å². The van der Waals surface area contributed by atoms with Crippen LogP contribution in [0.3, 0.4) is 0 Å². The Bertz CT molecular complexity index is 410. The number of carbonyl (C=O) groups is 1. The van der Waals surface area contributed by atoms with Crippen molar-refractivity contribution < 1.29 is 9.53 Å². The van der Waals surface area contributed by atoms with Crippen molar-refractivity contribution in [2.75, 3.05) is 13.2 Å². The molecule has 0 spiro atoms. The van der Waals surface area contributed by atoms with Gasteiger partial charge in [0.05, 0.1) is 18.8 Å². The lowest BCUT2D eigenvalue weighted by Gasteiger charge is -2.37. The zero-order valence-corrected chi connectivity index (χ0v) is 11.4. The van der Waals surface area contributed by atoms with Crippen molar-refractivity contribution in [1.82, 2.24) is 4.90 Å². The molecule has 3 atom stereocenters. The Labute approximate surface area is 113 Å². The second kappa shape index (κ2) is 5.72. The molecule has 98 valence electrons. The highest BCUT2D eigenvalue weighted by atomic mass is 35.5. The number of alkyl halides is 1. The van der Waals surface area contributed by atoms with Crippen LogP contribution >= 0.6 is 11.6 Å². The van der Waals surface area contributed by atoms with Gasteiger partial charge in [-0.25, -0.2) is 0 Å². The first kappa shape index (κ1) is 13.4. The minimum Gasteiger partial charge on any atom is -0.375 e. The molecule has 0 aliphatic carbocycles. The van der Waals surface area contributed by atoms with E-state index in [9.17, 15) is 4.79 Å². The molecule has 0 aromatic heterocycles. The van der Waals surface area contributed by atoms with Crippen molar-refractivity contribution in [2.45, 2.75) is 31.4 Å². The zero-order valence-electron chi connectivity index (χ0n) is 10.7. The van der Waals surface area contributed by atoms with Gasteiger partial charge in [-0.1, -0.05) is 30.3 Å². The van der Waals surface area contributed by atoms with E-state index in [-0.39, 0.29) is 18.1 Å². The highest BCUT2D eigenvalue weighted by molar-refractivity contribution is 6.30. The molecular weight excluding hydrogens is 250 g/mol. The number of nitrogens with zero attached hydrogens (tertiary/aromatic N) is 1. The highest BCUT2D eigenvalue weighted by Gasteiger charge is 2.31. The Balaban J connectivity index is 2.10. The average molecular weight is 268 g/mol. The monoisotopic (exact) mass is 267 g/mol. The van der Waals surface area contributed by atoms with Gasteiger partial charge in [0.25, 0.3) is 0 Å². The molecule has 0 N–H and O–H groups in total. The molecule has 1 amide bonds. The quantitative estimate of drug-likeness (QED) is 0.771. The van der Waals surface area contributed by atoms with E-state index in [0.717, 1.165) is 5.56 Å². The van der Waals surface area contributed by atoms with Gasteiger partial charge in [0.15, 0.2) is 0 Å². The molecular formula is C14H18ClNO2. The van der Waals surface area contributed by atoms with E-state index in [1.54, 1.807) is 0 Å². The van der Waals surface area contributed by atoms with Crippen LogP contribution in [-0.4, -0.2) is 36.1 Å². The maximum atomic E-state index is 12.4. The minimum absolute atomic E-state index is 0.0366. The van der Waals surface area contributed by atoms with Crippen LogP contribution in [0.15, 0.2) is 30.3 Å². The summed E-state index contributed by atoms with van der Waals surface area (Å²) >= 11 is 6.27. The minimum atomic E-state index is -0.612. The Morgan fingerprint density at radius 2 is 2.06 bits per heavy atom. The number of morpholine rings is 1. The smallest absolute Gasteiger partial charge is 0.245 e. The summed E-state index contributed by atoms with van der Waals surface area (Å²) in [6.45, 7) is 5.14. The number of benzene rings is 1. The number of hydrogen-bond donors (Lipinski definition) is 0. The number of halogens is 1. The van der Waals surface area contributed by atoms with Gasteiger partial charge in [-0.15, -0.1) is 11.6 Å². The van der Waals surface area contributed by atoms with Gasteiger partial charge in [-0.2, -0.15) is 0 Å². The van der Waals surface area contributed by atoms with E-state index in [2.05, 4.69) is 0 Å². The first-order chi connectivity index (χ1) is 8.59. The Morgan fingerprint density at radius 1 is 1.39 bits per heavy atom. The topological polar surface area (TPSA) is 29.5 Å². The SMILES string of the molecule is CC1CN(C(=O)C(Cl)c2ccccc2)C(C)CO1. The van der Waals surface area contributed by atoms with E-state index in [1.165, 1.54) is 0 Å². The molecule has 1 aliphatic heterocycles. The van der Waals surface area contributed by atoms with Crippen molar-refractivity contribution in [3.63, 3.8) is 0 Å². The molecule has 1 aromatic carbocycles. The lowest BCUT2D eigenvalue weighted by molar-refractivity contribution is -0.142. The standard InChI is InChI=1S/C14H18ClNO2/c1-10-9-18-11(2)8-16(10)14(17)13(15)12-6-4-3-5-7-12/h3-7,10-11,13H,8-9H2,1-2H3. The third-order valence-corrected chi connectivity index (χ3v) is 3.64. The van der Waals surface area contributed by atoms with E-state index in [1.807, 2.05) is 49.1 Å². The Morgan fingerprint density at radius 3 is 2.72 bits per heavy atom. The second-order valence-corrected chi connectivity index (χ2v) is 5.19. The predicted octanol–water partition coefficient (Wildman–Crippen LogP) is 2.60. The van der Waals surface area contributed by atoms with Gasteiger partial charge in [-0.05, 0) is 19.4 Å². The molecule has 3 unspecified atom stereocenters. The summed E-state index contributed by atoms with van der Waals surface area (Å²) in [6.07, 6.45) is 0.0739. The summed E-state index contributed by atoms with van der Waals surface area (Å²) < 4.78 is 5.52. The summed E-state index contributed by atoms with van der Waals surface area (Å²) in [5.41, 5.74) is 0.843. The van der Waals surface area contributed by atoms with Crippen LogP contribution in [0.4, 0.5) is 0 Å². The van der Waals surface area contributed by atoms with E-state index >= 15 is 0 Å². The van der Waals surface area contributed by atoms with Crippen LogP contribution in [-0.2, 0) is 9.53 Å². The predicted molar refractivity (Wildman–Crippen MR) is 71.6 cm³/mol. The van der Waals surface area contributed by atoms with Crippen molar-refractivity contribution in [2.24, 2.45) is 0 Å². The number of carbonyl (C=O) groups excluding carboxylic acids is 1. The van der Waals surface area contributed by atoms with E-state index in [4.69, 9.17) is 16.3 Å². The summed E-state index contributed by atoms with van der Waals surface area (Å²) in [4.78, 5) is 14.2. The molecule has 3 nitrogen and oxygen atoms in total. The molecule has 1 fully saturated rings. The lowest BCUT2D eigenvalue weighted by atomic mass is 10.1. The van der Waals surface area contributed by atoms with Crippen molar-refractivity contribution in [3.05, 3.63) is 35.9 Å². The van der Waals surface area contributed by atoms with Gasteiger partial charge < -0.3 is 9.64 Å². The molecule has 1 aromatic rings. The van der Waals surface area contributed by atoms with Gasteiger partial charge in [0, 0.05) is 6.54 Å². The third kappa shape index (κ3) is 2.85. The zero-order chi connectivity index (χ0) is 13.1.